The Bertz CT molecular complexity index is 629. The Morgan fingerprint density at radius 3 is 2.71 bits per heavy atom. The SMILES string of the molecule is CCC(=O)NCCN(c1ccc2c(c1)OCO2)S(C)(=O)=O. The number of carbonyl (C=O) groups is 1. The van der Waals surface area contributed by atoms with Crippen LogP contribution in [0.15, 0.2) is 18.2 Å². The van der Waals surface area contributed by atoms with E-state index in [-0.39, 0.29) is 25.8 Å². The number of rotatable bonds is 6. The molecule has 0 saturated carbocycles. The maximum atomic E-state index is 11.9. The van der Waals surface area contributed by atoms with E-state index < -0.39 is 10.0 Å². The number of fused-ring (bicyclic) bond motifs is 1. The van der Waals surface area contributed by atoms with E-state index >= 15 is 0 Å². The molecule has 2 rings (SSSR count). The van der Waals surface area contributed by atoms with Gasteiger partial charge in [-0.15, -0.1) is 0 Å². The normalized spacial score (nSPS) is 13.0. The first kappa shape index (κ1) is 15.4. The summed E-state index contributed by atoms with van der Waals surface area (Å²) < 4.78 is 35.5. The molecule has 1 aliphatic heterocycles. The zero-order valence-corrected chi connectivity index (χ0v) is 12.8. The van der Waals surface area contributed by atoms with Gasteiger partial charge in [0.05, 0.1) is 18.5 Å². The minimum Gasteiger partial charge on any atom is -0.454 e. The van der Waals surface area contributed by atoms with Crippen molar-refractivity contribution in [2.75, 3.05) is 30.4 Å². The third-order valence-corrected chi connectivity index (χ3v) is 4.20. The fourth-order valence-electron chi connectivity index (χ4n) is 1.95. The Kier molecular flexibility index (Phi) is 4.56. The number of sulfonamides is 1. The zero-order chi connectivity index (χ0) is 15.5. The number of ether oxygens (including phenoxy) is 2. The molecule has 1 N–H and O–H groups in total. The first-order chi connectivity index (χ1) is 9.91. The van der Waals surface area contributed by atoms with Crippen molar-refractivity contribution in [1.82, 2.24) is 5.32 Å². The summed E-state index contributed by atoms with van der Waals surface area (Å²) in [4.78, 5) is 11.2. The first-order valence-electron chi connectivity index (χ1n) is 6.56. The summed E-state index contributed by atoms with van der Waals surface area (Å²) in [5, 5.41) is 2.66. The number of benzene rings is 1. The zero-order valence-electron chi connectivity index (χ0n) is 12.0. The van der Waals surface area contributed by atoms with Crippen LogP contribution in [-0.4, -0.2) is 40.5 Å². The molecule has 7 nitrogen and oxygen atoms in total. The molecule has 0 spiro atoms. The summed E-state index contributed by atoms with van der Waals surface area (Å²) in [5.74, 6) is 0.986. The predicted molar refractivity (Wildman–Crippen MR) is 78.1 cm³/mol. The lowest BCUT2D eigenvalue weighted by Crippen LogP contribution is -2.38. The van der Waals surface area contributed by atoms with Crippen LogP contribution in [0.2, 0.25) is 0 Å². The standard InChI is InChI=1S/C13H18N2O5S/c1-3-13(16)14-6-7-15(21(2,17)18)10-4-5-11-12(8-10)20-9-19-11/h4-5,8H,3,6-7,9H2,1-2H3,(H,14,16). The van der Waals surface area contributed by atoms with Crippen molar-refractivity contribution in [2.45, 2.75) is 13.3 Å². The van der Waals surface area contributed by atoms with Crippen molar-refractivity contribution >= 4 is 21.6 Å². The Hall–Kier alpha value is -1.96. The van der Waals surface area contributed by atoms with E-state index in [1.807, 2.05) is 0 Å². The summed E-state index contributed by atoms with van der Waals surface area (Å²) in [7, 11) is -3.45. The van der Waals surface area contributed by atoms with E-state index in [1.165, 1.54) is 4.31 Å². The van der Waals surface area contributed by atoms with Crippen molar-refractivity contribution < 1.29 is 22.7 Å². The van der Waals surface area contributed by atoms with Gasteiger partial charge in [0.25, 0.3) is 0 Å². The molecule has 0 radical (unpaired) electrons. The van der Waals surface area contributed by atoms with Crippen molar-refractivity contribution in [3.63, 3.8) is 0 Å². The van der Waals surface area contributed by atoms with Gasteiger partial charge in [-0.05, 0) is 12.1 Å². The van der Waals surface area contributed by atoms with Gasteiger partial charge in [-0.2, -0.15) is 0 Å². The van der Waals surface area contributed by atoms with Crippen LogP contribution in [0.1, 0.15) is 13.3 Å². The van der Waals surface area contributed by atoms with E-state index in [0.29, 0.717) is 23.6 Å². The van der Waals surface area contributed by atoms with E-state index in [4.69, 9.17) is 9.47 Å². The topological polar surface area (TPSA) is 84.9 Å². The Morgan fingerprint density at radius 1 is 1.33 bits per heavy atom. The minimum absolute atomic E-state index is 0.117. The van der Waals surface area contributed by atoms with Gasteiger partial charge in [0.1, 0.15) is 0 Å². The molecule has 0 bridgehead atoms. The van der Waals surface area contributed by atoms with Gasteiger partial charge in [0.2, 0.25) is 22.7 Å². The summed E-state index contributed by atoms with van der Waals surface area (Å²) in [6.07, 6.45) is 1.49. The van der Waals surface area contributed by atoms with Crippen LogP contribution in [0.25, 0.3) is 0 Å². The molecule has 1 amide bonds. The van der Waals surface area contributed by atoms with Crippen LogP contribution in [0.5, 0.6) is 11.5 Å². The first-order valence-corrected chi connectivity index (χ1v) is 8.40. The van der Waals surface area contributed by atoms with Gasteiger partial charge in [-0.1, -0.05) is 6.92 Å². The quantitative estimate of drug-likeness (QED) is 0.836. The molecule has 1 aliphatic rings. The largest absolute Gasteiger partial charge is 0.454 e. The van der Waals surface area contributed by atoms with Crippen LogP contribution >= 0.6 is 0 Å². The molecular formula is C13H18N2O5S. The maximum Gasteiger partial charge on any atom is 0.232 e. The number of hydrogen-bond acceptors (Lipinski definition) is 5. The molecule has 1 heterocycles. The fourth-order valence-corrected chi connectivity index (χ4v) is 2.87. The Labute approximate surface area is 123 Å². The fraction of sp³-hybridized carbons (Fsp3) is 0.462. The smallest absolute Gasteiger partial charge is 0.232 e. The molecule has 0 aromatic heterocycles. The van der Waals surface area contributed by atoms with E-state index in [1.54, 1.807) is 25.1 Å². The van der Waals surface area contributed by atoms with Crippen LogP contribution in [0.4, 0.5) is 5.69 Å². The highest BCUT2D eigenvalue weighted by atomic mass is 32.2. The highest BCUT2D eigenvalue weighted by Crippen LogP contribution is 2.35. The molecule has 8 heteroatoms. The number of nitrogens with one attached hydrogen (secondary N) is 1. The van der Waals surface area contributed by atoms with Gasteiger partial charge in [0.15, 0.2) is 11.5 Å². The van der Waals surface area contributed by atoms with Crippen LogP contribution < -0.4 is 19.1 Å². The summed E-state index contributed by atoms with van der Waals surface area (Å²) in [6, 6.07) is 4.93. The molecular weight excluding hydrogens is 296 g/mol. The van der Waals surface area contributed by atoms with Crippen LogP contribution in [0, 0.1) is 0 Å². The molecule has 116 valence electrons. The second kappa shape index (κ2) is 6.21. The third kappa shape index (κ3) is 3.78. The van der Waals surface area contributed by atoms with Gasteiger partial charge in [0, 0.05) is 19.0 Å². The number of anilines is 1. The average molecular weight is 314 g/mol. The number of nitrogens with zero attached hydrogens (tertiary/aromatic N) is 1. The number of hydrogen-bond donors (Lipinski definition) is 1. The highest BCUT2D eigenvalue weighted by molar-refractivity contribution is 7.92. The summed E-state index contributed by atoms with van der Waals surface area (Å²) in [5.41, 5.74) is 0.479. The molecule has 1 aromatic rings. The van der Waals surface area contributed by atoms with Crippen molar-refractivity contribution in [3.8, 4) is 11.5 Å². The summed E-state index contributed by atoms with van der Waals surface area (Å²) in [6.45, 7) is 2.27. The minimum atomic E-state index is -3.45. The molecule has 1 aromatic carbocycles. The lowest BCUT2D eigenvalue weighted by atomic mass is 10.3. The van der Waals surface area contributed by atoms with Crippen molar-refractivity contribution in [2.24, 2.45) is 0 Å². The van der Waals surface area contributed by atoms with Crippen LogP contribution in [0.3, 0.4) is 0 Å². The van der Waals surface area contributed by atoms with E-state index in [0.717, 1.165) is 6.26 Å². The number of carbonyl (C=O) groups excluding carboxylic acids is 1. The van der Waals surface area contributed by atoms with E-state index in [2.05, 4.69) is 5.32 Å². The lowest BCUT2D eigenvalue weighted by molar-refractivity contribution is -0.120. The van der Waals surface area contributed by atoms with Crippen LogP contribution in [-0.2, 0) is 14.8 Å². The van der Waals surface area contributed by atoms with Gasteiger partial charge in [-0.25, -0.2) is 8.42 Å². The van der Waals surface area contributed by atoms with Crippen molar-refractivity contribution in [1.29, 1.82) is 0 Å². The third-order valence-electron chi connectivity index (χ3n) is 3.00. The predicted octanol–water partition coefficient (Wildman–Crippen LogP) is 0.707. The monoisotopic (exact) mass is 314 g/mol. The molecule has 0 unspecified atom stereocenters. The van der Waals surface area contributed by atoms with Crippen molar-refractivity contribution in [3.05, 3.63) is 18.2 Å². The lowest BCUT2D eigenvalue weighted by Gasteiger charge is -2.22. The maximum absolute atomic E-state index is 11.9. The Balaban J connectivity index is 2.15. The number of amides is 1. The van der Waals surface area contributed by atoms with Gasteiger partial charge >= 0.3 is 0 Å². The van der Waals surface area contributed by atoms with Gasteiger partial charge in [-0.3, -0.25) is 9.10 Å². The second-order valence-corrected chi connectivity index (χ2v) is 6.48. The molecule has 0 aliphatic carbocycles. The van der Waals surface area contributed by atoms with Gasteiger partial charge < -0.3 is 14.8 Å². The average Bonchev–Trinajstić information content (AvgIpc) is 2.89. The second-order valence-electron chi connectivity index (χ2n) is 4.58. The molecule has 0 fully saturated rings. The summed E-state index contributed by atoms with van der Waals surface area (Å²) >= 11 is 0. The Morgan fingerprint density at radius 2 is 2.05 bits per heavy atom. The van der Waals surface area contributed by atoms with E-state index in [9.17, 15) is 13.2 Å². The molecule has 0 saturated heterocycles. The highest BCUT2D eigenvalue weighted by Gasteiger charge is 2.21. The molecule has 21 heavy (non-hydrogen) atoms. The molecule has 0 atom stereocenters.